The van der Waals surface area contributed by atoms with Crippen molar-refractivity contribution in [3.8, 4) is 5.75 Å². The van der Waals surface area contributed by atoms with Crippen molar-refractivity contribution in [3.05, 3.63) is 29.8 Å². The van der Waals surface area contributed by atoms with Gasteiger partial charge in [0.2, 0.25) is 0 Å². The standard InChI is InChI=1S/C11H15NO2/c1-3-11(12)9-4-6-10(7-5-9)14-8(2)13/h4-7,11H,3,12H2,1-2H3/t11-/m1/s1. The van der Waals surface area contributed by atoms with E-state index in [9.17, 15) is 4.79 Å². The highest BCUT2D eigenvalue weighted by Crippen LogP contribution is 2.18. The fraction of sp³-hybridized carbons (Fsp3) is 0.364. The topological polar surface area (TPSA) is 52.3 Å². The first-order valence-corrected chi connectivity index (χ1v) is 4.67. The molecule has 0 aliphatic rings. The minimum Gasteiger partial charge on any atom is -0.427 e. The molecule has 3 heteroatoms. The van der Waals surface area contributed by atoms with Crippen LogP contribution in [0.4, 0.5) is 0 Å². The van der Waals surface area contributed by atoms with Crippen molar-refractivity contribution >= 4 is 5.97 Å². The van der Waals surface area contributed by atoms with Gasteiger partial charge in [0.05, 0.1) is 0 Å². The van der Waals surface area contributed by atoms with Crippen LogP contribution in [0.1, 0.15) is 31.9 Å². The van der Waals surface area contributed by atoms with Crippen LogP contribution in [0.5, 0.6) is 5.75 Å². The lowest BCUT2D eigenvalue weighted by Crippen LogP contribution is -2.08. The van der Waals surface area contributed by atoms with Crippen LogP contribution in [-0.2, 0) is 4.79 Å². The molecule has 0 heterocycles. The van der Waals surface area contributed by atoms with Crippen LogP contribution in [0.2, 0.25) is 0 Å². The summed E-state index contributed by atoms with van der Waals surface area (Å²) in [6, 6.07) is 7.33. The van der Waals surface area contributed by atoms with Crippen LogP contribution in [0, 0.1) is 0 Å². The summed E-state index contributed by atoms with van der Waals surface area (Å²) >= 11 is 0. The van der Waals surface area contributed by atoms with Crippen molar-refractivity contribution < 1.29 is 9.53 Å². The Morgan fingerprint density at radius 3 is 2.43 bits per heavy atom. The highest BCUT2D eigenvalue weighted by atomic mass is 16.5. The van der Waals surface area contributed by atoms with Gasteiger partial charge in [0.25, 0.3) is 0 Å². The molecule has 3 nitrogen and oxygen atoms in total. The van der Waals surface area contributed by atoms with E-state index in [4.69, 9.17) is 10.5 Å². The lowest BCUT2D eigenvalue weighted by atomic mass is 10.1. The molecule has 1 rings (SSSR count). The number of esters is 1. The summed E-state index contributed by atoms with van der Waals surface area (Å²) in [5.74, 6) is 0.252. The zero-order valence-electron chi connectivity index (χ0n) is 8.49. The minimum atomic E-state index is -0.308. The van der Waals surface area contributed by atoms with E-state index in [1.807, 2.05) is 19.1 Å². The SMILES string of the molecule is CC[C@@H](N)c1ccc(OC(C)=O)cc1. The lowest BCUT2D eigenvalue weighted by Gasteiger charge is -2.09. The van der Waals surface area contributed by atoms with Crippen molar-refractivity contribution in [2.45, 2.75) is 26.3 Å². The van der Waals surface area contributed by atoms with E-state index in [0.717, 1.165) is 12.0 Å². The van der Waals surface area contributed by atoms with Gasteiger partial charge in [-0.2, -0.15) is 0 Å². The number of hydrogen-bond acceptors (Lipinski definition) is 3. The van der Waals surface area contributed by atoms with Crippen LogP contribution in [0.25, 0.3) is 0 Å². The molecule has 0 fully saturated rings. The number of ether oxygens (including phenoxy) is 1. The third kappa shape index (κ3) is 2.85. The highest BCUT2D eigenvalue weighted by molar-refractivity contribution is 5.69. The molecule has 0 saturated heterocycles. The van der Waals surface area contributed by atoms with Crippen molar-refractivity contribution in [1.82, 2.24) is 0 Å². The second kappa shape index (κ2) is 4.77. The van der Waals surface area contributed by atoms with Crippen LogP contribution in [-0.4, -0.2) is 5.97 Å². The number of carbonyl (C=O) groups is 1. The second-order valence-corrected chi connectivity index (χ2v) is 3.18. The number of rotatable bonds is 3. The Morgan fingerprint density at radius 2 is 2.00 bits per heavy atom. The Bertz CT molecular complexity index is 306. The molecule has 0 spiro atoms. The van der Waals surface area contributed by atoms with Gasteiger partial charge in [0.1, 0.15) is 5.75 Å². The summed E-state index contributed by atoms with van der Waals surface area (Å²) in [6.07, 6.45) is 0.896. The highest BCUT2D eigenvalue weighted by Gasteiger charge is 2.03. The van der Waals surface area contributed by atoms with Gasteiger partial charge in [0, 0.05) is 13.0 Å². The van der Waals surface area contributed by atoms with Crippen LogP contribution < -0.4 is 10.5 Å². The number of hydrogen-bond donors (Lipinski definition) is 1. The smallest absolute Gasteiger partial charge is 0.308 e. The molecule has 0 amide bonds. The molecule has 0 aliphatic heterocycles. The van der Waals surface area contributed by atoms with E-state index in [2.05, 4.69) is 0 Å². The molecule has 1 aromatic rings. The maximum Gasteiger partial charge on any atom is 0.308 e. The second-order valence-electron chi connectivity index (χ2n) is 3.18. The number of benzene rings is 1. The van der Waals surface area contributed by atoms with Gasteiger partial charge >= 0.3 is 5.97 Å². The third-order valence-corrected chi connectivity index (χ3v) is 2.01. The molecule has 1 aromatic carbocycles. The van der Waals surface area contributed by atoms with Gasteiger partial charge in [-0.05, 0) is 24.1 Å². The molecule has 2 N–H and O–H groups in total. The lowest BCUT2D eigenvalue weighted by molar-refractivity contribution is -0.131. The number of nitrogens with two attached hydrogens (primary N) is 1. The number of carbonyl (C=O) groups excluding carboxylic acids is 1. The summed E-state index contributed by atoms with van der Waals surface area (Å²) in [5.41, 5.74) is 6.90. The van der Waals surface area contributed by atoms with Crippen LogP contribution in [0.15, 0.2) is 24.3 Å². The average Bonchev–Trinajstić information content (AvgIpc) is 2.17. The van der Waals surface area contributed by atoms with Crippen LogP contribution >= 0.6 is 0 Å². The van der Waals surface area contributed by atoms with Gasteiger partial charge in [-0.3, -0.25) is 4.79 Å². The molecule has 0 aromatic heterocycles. The maximum absolute atomic E-state index is 10.6. The normalized spacial score (nSPS) is 12.2. The van der Waals surface area contributed by atoms with E-state index in [0.29, 0.717) is 5.75 Å². The Hall–Kier alpha value is -1.35. The molecular formula is C11H15NO2. The molecule has 0 radical (unpaired) electrons. The maximum atomic E-state index is 10.6. The van der Waals surface area contributed by atoms with E-state index in [1.54, 1.807) is 12.1 Å². The van der Waals surface area contributed by atoms with Gasteiger partial charge in [0.15, 0.2) is 0 Å². The zero-order valence-corrected chi connectivity index (χ0v) is 8.49. The predicted octanol–water partition coefficient (Wildman–Crippen LogP) is 2.02. The predicted molar refractivity (Wildman–Crippen MR) is 55.0 cm³/mol. The summed E-state index contributed by atoms with van der Waals surface area (Å²) in [7, 11) is 0. The van der Waals surface area contributed by atoms with Crippen molar-refractivity contribution in [2.75, 3.05) is 0 Å². The van der Waals surface area contributed by atoms with E-state index in [-0.39, 0.29) is 12.0 Å². The first kappa shape index (κ1) is 10.7. The molecule has 0 unspecified atom stereocenters. The average molecular weight is 193 g/mol. The first-order valence-electron chi connectivity index (χ1n) is 4.67. The van der Waals surface area contributed by atoms with Gasteiger partial charge in [-0.1, -0.05) is 19.1 Å². The fourth-order valence-corrected chi connectivity index (χ4v) is 1.18. The van der Waals surface area contributed by atoms with E-state index in [1.165, 1.54) is 6.92 Å². The van der Waals surface area contributed by atoms with E-state index < -0.39 is 0 Å². The van der Waals surface area contributed by atoms with Gasteiger partial charge in [-0.25, -0.2) is 0 Å². The largest absolute Gasteiger partial charge is 0.427 e. The molecule has 1 atom stereocenters. The van der Waals surface area contributed by atoms with Crippen molar-refractivity contribution in [2.24, 2.45) is 5.73 Å². The molecule has 0 aliphatic carbocycles. The molecule has 14 heavy (non-hydrogen) atoms. The zero-order chi connectivity index (χ0) is 10.6. The Morgan fingerprint density at radius 1 is 1.43 bits per heavy atom. The van der Waals surface area contributed by atoms with Gasteiger partial charge in [-0.15, -0.1) is 0 Å². The summed E-state index contributed by atoms with van der Waals surface area (Å²) in [4.78, 5) is 10.6. The van der Waals surface area contributed by atoms with Gasteiger partial charge < -0.3 is 10.5 Å². The molecule has 0 saturated carbocycles. The van der Waals surface area contributed by atoms with E-state index >= 15 is 0 Å². The molecule has 76 valence electrons. The Labute approximate surface area is 83.9 Å². The van der Waals surface area contributed by atoms with Crippen molar-refractivity contribution in [1.29, 1.82) is 0 Å². The Kier molecular flexibility index (Phi) is 3.65. The first-order chi connectivity index (χ1) is 6.63. The quantitative estimate of drug-likeness (QED) is 0.590. The third-order valence-electron chi connectivity index (χ3n) is 2.01. The monoisotopic (exact) mass is 193 g/mol. The van der Waals surface area contributed by atoms with Crippen LogP contribution in [0.3, 0.4) is 0 Å². The summed E-state index contributed by atoms with van der Waals surface area (Å²) < 4.78 is 4.90. The van der Waals surface area contributed by atoms with Crippen molar-refractivity contribution in [3.63, 3.8) is 0 Å². The molecular weight excluding hydrogens is 178 g/mol. The fourth-order valence-electron chi connectivity index (χ4n) is 1.18. The molecule has 0 bridgehead atoms. The minimum absolute atomic E-state index is 0.0568. The summed E-state index contributed by atoms with van der Waals surface area (Å²) in [5, 5.41) is 0. The Balaban J connectivity index is 2.73. The summed E-state index contributed by atoms with van der Waals surface area (Å²) in [6.45, 7) is 3.41.